The zero-order valence-electron chi connectivity index (χ0n) is 13.9. The monoisotopic (exact) mass is 380 g/mol. The van der Waals surface area contributed by atoms with E-state index in [0.717, 1.165) is 27.6 Å². The lowest BCUT2D eigenvalue weighted by Gasteiger charge is -2.19. The number of carbonyl (C=O) groups is 1. The largest absolute Gasteiger partial charge is 0.337 e. The van der Waals surface area contributed by atoms with Crippen molar-refractivity contribution >= 4 is 33.1 Å². The summed E-state index contributed by atoms with van der Waals surface area (Å²) < 4.78 is 26.4. The predicted molar refractivity (Wildman–Crippen MR) is 98.4 cm³/mol. The van der Waals surface area contributed by atoms with Crippen molar-refractivity contribution in [3.8, 4) is 0 Å². The van der Waals surface area contributed by atoms with Crippen LogP contribution in [0.3, 0.4) is 0 Å². The Morgan fingerprint density at radius 3 is 2.88 bits per heavy atom. The molecule has 1 aromatic carbocycles. The van der Waals surface area contributed by atoms with Crippen LogP contribution in [0.5, 0.6) is 0 Å². The zero-order chi connectivity index (χ0) is 17.9. The minimum atomic E-state index is -3.45. The van der Waals surface area contributed by atoms with Crippen molar-refractivity contribution in [2.24, 2.45) is 0 Å². The van der Waals surface area contributed by atoms with E-state index in [2.05, 4.69) is 15.6 Å². The Bertz CT molecular complexity index is 864. The summed E-state index contributed by atoms with van der Waals surface area (Å²) in [4.78, 5) is 16.8. The SMILES string of the molecule is Cc1ncc(CNC(=O)NCCS(=O)(=O)N2CCc3ccccc32)s1. The molecule has 2 heterocycles. The molecule has 0 saturated carbocycles. The van der Waals surface area contributed by atoms with Crippen molar-refractivity contribution in [2.45, 2.75) is 19.9 Å². The van der Waals surface area contributed by atoms with Crippen LogP contribution in [-0.4, -0.2) is 38.3 Å². The maximum absolute atomic E-state index is 12.5. The summed E-state index contributed by atoms with van der Waals surface area (Å²) in [6.07, 6.45) is 2.44. The average Bonchev–Trinajstić information content (AvgIpc) is 3.19. The summed E-state index contributed by atoms with van der Waals surface area (Å²) in [5, 5.41) is 6.23. The molecule has 2 N–H and O–H groups in total. The Morgan fingerprint density at radius 1 is 1.32 bits per heavy atom. The number of anilines is 1. The molecular weight excluding hydrogens is 360 g/mol. The van der Waals surface area contributed by atoms with Crippen LogP contribution in [0.15, 0.2) is 30.5 Å². The van der Waals surface area contributed by atoms with Crippen LogP contribution in [0.4, 0.5) is 10.5 Å². The van der Waals surface area contributed by atoms with Gasteiger partial charge in [-0.3, -0.25) is 4.31 Å². The summed E-state index contributed by atoms with van der Waals surface area (Å²) in [7, 11) is -3.45. The van der Waals surface area contributed by atoms with Gasteiger partial charge in [0.1, 0.15) is 0 Å². The topological polar surface area (TPSA) is 91.4 Å². The molecule has 1 aliphatic rings. The molecule has 25 heavy (non-hydrogen) atoms. The number of carbonyl (C=O) groups excluding carboxylic acids is 1. The first-order chi connectivity index (χ1) is 12.0. The molecule has 1 aliphatic heterocycles. The first kappa shape index (κ1) is 17.7. The Hall–Kier alpha value is -2.13. The van der Waals surface area contributed by atoms with Gasteiger partial charge in [-0.1, -0.05) is 18.2 Å². The van der Waals surface area contributed by atoms with E-state index in [1.165, 1.54) is 15.6 Å². The summed E-state index contributed by atoms with van der Waals surface area (Å²) >= 11 is 1.51. The number of aromatic nitrogens is 1. The number of rotatable bonds is 6. The van der Waals surface area contributed by atoms with Crippen molar-refractivity contribution < 1.29 is 13.2 Å². The molecule has 7 nitrogen and oxygen atoms in total. The van der Waals surface area contributed by atoms with E-state index in [0.29, 0.717) is 13.1 Å². The highest BCUT2D eigenvalue weighted by atomic mass is 32.2. The summed E-state index contributed by atoms with van der Waals surface area (Å²) in [5.74, 6) is -0.131. The van der Waals surface area contributed by atoms with Crippen LogP contribution < -0.4 is 14.9 Å². The van der Waals surface area contributed by atoms with Crippen LogP contribution >= 0.6 is 11.3 Å². The normalized spacial score (nSPS) is 13.6. The number of fused-ring (bicyclic) bond motifs is 1. The second-order valence-corrected chi connectivity index (χ2v) is 9.05. The van der Waals surface area contributed by atoms with E-state index in [-0.39, 0.29) is 18.3 Å². The fraction of sp³-hybridized carbons (Fsp3) is 0.375. The Balaban J connectivity index is 1.47. The van der Waals surface area contributed by atoms with Gasteiger partial charge in [-0.2, -0.15) is 0 Å². The molecule has 2 aromatic rings. The number of thiazole rings is 1. The highest BCUT2D eigenvalue weighted by Gasteiger charge is 2.28. The molecular formula is C16H20N4O3S2. The fourth-order valence-corrected chi connectivity index (χ4v) is 4.88. The third-order valence-corrected chi connectivity index (χ3v) is 6.60. The number of sulfonamides is 1. The van der Waals surface area contributed by atoms with E-state index in [9.17, 15) is 13.2 Å². The van der Waals surface area contributed by atoms with Gasteiger partial charge in [0.25, 0.3) is 0 Å². The number of amides is 2. The summed E-state index contributed by atoms with van der Waals surface area (Å²) in [5.41, 5.74) is 1.78. The second-order valence-electron chi connectivity index (χ2n) is 5.72. The first-order valence-corrected chi connectivity index (χ1v) is 10.4. The zero-order valence-corrected chi connectivity index (χ0v) is 15.5. The van der Waals surface area contributed by atoms with Crippen LogP contribution in [0.1, 0.15) is 15.4 Å². The minimum Gasteiger partial charge on any atom is -0.337 e. The second kappa shape index (κ2) is 7.40. The lowest BCUT2D eigenvalue weighted by Crippen LogP contribution is -2.40. The first-order valence-electron chi connectivity index (χ1n) is 7.97. The predicted octanol–water partition coefficient (Wildman–Crippen LogP) is 1.64. The van der Waals surface area contributed by atoms with Gasteiger partial charge in [0, 0.05) is 24.2 Å². The van der Waals surface area contributed by atoms with E-state index < -0.39 is 10.0 Å². The Kier molecular flexibility index (Phi) is 5.24. The molecule has 0 radical (unpaired) electrons. The van der Waals surface area contributed by atoms with Gasteiger partial charge in [-0.25, -0.2) is 18.2 Å². The third kappa shape index (κ3) is 4.29. The number of hydrogen-bond donors (Lipinski definition) is 2. The number of nitrogens with one attached hydrogen (secondary N) is 2. The van der Waals surface area contributed by atoms with E-state index in [4.69, 9.17) is 0 Å². The molecule has 1 aromatic heterocycles. The van der Waals surface area contributed by atoms with Crippen molar-refractivity contribution in [1.29, 1.82) is 0 Å². The smallest absolute Gasteiger partial charge is 0.315 e. The lowest BCUT2D eigenvalue weighted by atomic mass is 10.2. The Morgan fingerprint density at radius 2 is 2.12 bits per heavy atom. The van der Waals surface area contributed by atoms with Gasteiger partial charge in [0.2, 0.25) is 10.0 Å². The number of urea groups is 1. The molecule has 0 bridgehead atoms. The average molecular weight is 380 g/mol. The van der Waals surface area contributed by atoms with Gasteiger partial charge >= 0.3 is 6.03 Å². The molecule has 0 unspecified atom stereocenters. The molecule has 2 amide bonds. The summed E-state index contributed by atoms with van der Waals surface area (Å²) in [6.45, 7) is 2.80. The van der Waals surface area contributed by atoms with Gasteiger partial charge in [0.15, 0.2) is 0 Å². The maximum Gasteiger partial charge on any atom is 0.315 e. The van der Waals surface area contributed by atoms with Crippen LogP contribution in [0.25, 0.3) is 0 Å². The maximum atomic E-state index is 12.5. The molecule has 0 fully saturated rings. The standard InChI is InChI=1S/C16H20N4O3S2/c1-12-18-10-14(24-12)11-19-16(21)17-7-9-25(22,23)20-8-6-13-4-2-3-5-15(13)20/h2-5,10H,6-9,11H2,1H3,(H2,17,19,21). The molecule has 134 valence electrons. The van der Waals surface area contributed by atoms with E-state index in [1.54, 1.807) is 6.20 Å². The van der Waals surface area contributed by atoms with Crippen molar-refractivity contribution in [1.82, 2.24) is 15.6 Å². The van der Waals surface area contributed by atoms with Crippen molar-refractivity contribution in [3.63, 3.8) is 0 Å². The van der Waals surface area contributed by atoms with Gasteiger partial charge in [-0.05, 0) is 25.0 Å². The number of aryl methyl sites for hydroxylation is 1. The van der Waals surface area contributed by atoms with Crippen LogP contribution in [0, 0.1) is 6.92 Å². The number of hydrogen-bond acceptors (Lipinski definition) is 5. The molecule has 0 saturated heterocycles. The van der Waals surface area contributed by atoms with Crippen LogP contribution in [0.2, 0.25) is 0 Å². The Labute approximate surface area is 151 Å². The summed E-state index contributed by atoms with van der Waals surface area (Å²) in [6, 6.07) is 7.11. The quantitative estimate of drug-likeness (QED) is 0.797. The number of nitrogens with zero attached hydrogens (tertiary/aromatic N) is 2. The highest BCUT2D eigenvalue weighted by Crippen LogP contribution is 2.29. The van der Waals surface area contributed by atoms with Crippen molar-refractivity contribution in [3.05, 3.63) is 45.9 Å². The molecule has 0 atom stereocenters. The van der Waals surface area contributed by atoms with Gasteiger partial charge < -0.3 is 10.6 Å². The minimum absolute atomic E-state index is 0.0640. The lowest BCUT2D eigenvalue weighted by molar-refractivity contribution is 0.241. The van der Waals surface area contributed by atoms with Crippen molar-refractivity contribution in [2.75, 3.05) is 23.1 Å². The van der Waals surface area contributed by atoms with E-state index >= 15 is 0 Å². The highest BCUT2D eigenvalue weighted by molar-refractivity contribution is 7.92. The molecule has 9 heteroatoms. The van der Waals surface area contributed by atoms with Gasteiger partial charge in [-0.15, -0.1) is 11.3 Å². The van der Waals surface area contributed by atoms with Gasteiger partial charge in [0.05, 0.1) is 23.0 Å². The molecule has 3 rings (SSSR count). The van der Waals surface area contributed by atoms with Crippen LogP contribution in [-0.2, 0) is 23.0 Å². The number of para-hydroxylation sites is 1. The molecule has 0 spiro atoms. The third-order valence-electron chi connectivity index (χ3n) is 3.92. The fourth-order valence-electron chi connectivity index (χ4n) is 2.72. The van der Waals surface area contributed by atoms with E-state index in [1.807, 2.05) is 31.2 Å². The molecule has 0 aliphatic carbocycles. The number of benzene rings is 1.